The number of benzene rings is 3. The maximum atomic E-state index is 12.4. The van der Waals surface area contributed by atoms with Crippen molar-refractivity contribution in [1.82, 2.24) is 4.72 Å². The van der Waals surface area contributed by atoms with Gasteiger partial charge in [0.2, 0.25) is 10.0 Å². The minimum Gasteiger partial charge on any atom is -0.385 e. The van der Waals surface area contributed by atoms with Gasteiger partial charge in [-0.2, -0.15) is 0 Å². The van der Waals surface area contributed by atoms with Crippen LogP contribution in [0.15, 0.2) is 71.6 Å². The van der Waals surface area contributed by atoms with Gasteiger partial charge in [0.25, 0.3) is 5.69 Å². The molecule has 7 nitrogen and oxygen atoms in total. The van der Waals surface area contributed by atoms with Crippen LogP contribution in [-0.2, 0) is 10.0 Å². The van der Waals surface area contributed by atoms with E-state index in [-0.39, 0.29) is 17.1 Å². The molecule has 3 aromatic carbocycles. The first-order valence-electron chi connectivity index (χ1n) is 8.42. The normalized spacial score (nSPS) is 11.4. The molecule has 0 amide bonds. The van der Waals surface area contributed by atoms with Gasteiger partial charge in [-0.3, -0.25) is 10.1 Å². The average molecular weight is 385 g/mol. The van der Waals surface area contributed by atoms with Gasteiger partial charge in [-0.15, -0.1) is 0 Å². The van der Waals surface area contributed by atoms with Gasteiger partial charge < -0.3 is 5.32 Å². The van der Waals surface area contributed by atoms with E-state index in [9.17, 15) is 18.5 Å². The number of hydrogen-bond donors (Lipinski definition) is 2. The molecule has 0 heterocycles. The molecule has 0 fully saturated rings. The zero-order valence-electron chi connectivity index (χ0n) is 14.5. The zero-order valence-corrected chi connectivity index (χ0v) is 15.3. The van der Waals surface area contributed by atoms with Gasteiger partial charge in [0, 0.05) is 30.9 Å². The SMILES string of the molecule is O=[N+]([O-])c1ccc(NCCCNS(=O)(=O)c2ccc3ccccc3c2)cc1. The number of fused-ring (bicyclic) bond motifs is 1. The number of non-ortho nitro benzene ring substituents is 1. The molecule has 0 unspecified atom stereocenters. The number of rotatable bonds is 8. The van der Waals surface area contributed by atoms with E-state index in [4.69, 9.17) is 0 Å². The second-order valence-corrected chi connectivity index (χ2v) is 7.76. The number of sulfonamides is 1. The maximum absolute atomic E-state index is 12.4. The van der Waals surface area contributed by atoms with Crippen LogP contribution in [0.3, 0.4) is 0 Å². The van der Waals surface area contributed by atoms with Crippen molar-refractivity contribution in [3.05, 3.63) is 76.8 Å². The first kappa shape index (κ1) is 18.8. The van der Waals surface area contributed by atoms with Gasteiger partial charge in [0.1, 0.15) is 0 Å². The highest BCUT2D eigenvalue weighted by molar-refractivity contribution is 7.89. The second-order valence-electron chi connectivity index (χ2n) is 5.99. The third-order valence-corrected chi connectivity index (χ3v) is 5.54. The van der Waals surface area contributed by atoms with E-state index in [1.165, 1.54) is 12.1 Å². The molecule has 0 aliphatic carbocycles. The van der Waals surface area contributed by atoms with Gasteiger partial charge in [-0.05, 0) is 41.5 Å². The largest absolute Gasteiger partial charge is 0.385 e. The first-order chi connectivity index (χ1) is 13.0. The van der Waals surface area contributed by atoms with Crippen LogP contribution in [-0.4, -0.2) is 26.4 Å². The van der Waals surface area contributed by atoms with Crippen molar-refractivity contribution in [2.45, 2.75) is 11.3 Å². The lowest BCUT2D eigenvalue weighted by atomic mass is 10.1. The first-order valence-corrected chi connectivity index (χ1v) is 9.91. The van der Waals surface area contributed by atoms with Crippen LogP contribution < -0.4 is 10.0 Å². The van der Waals surface area contributed by atoms with Crippen molar-refractivity contribution in [3.8, 4) is 0 Å². The number of nitro groups is 1. The molecule has 0 aliphatic rings. The Hall–Kier alpha value is -2.97. The molecule has 140 valence electrons. The summed E-state index contributed by atoms with van der Waals surface area (Å²) in [5.41, 5.74) is 0.779. The monoisotopic (exact) mass is 385 g/mol. The van der Waals surface area contributed by atoms with Crippen LogP contribution in [0.4, 0.5) is 11.4 Å². The van der Waals surface area contributed by atoms with E-state index in [1.807, 2.05) is 24.3 Å². The Labute approximate surface area is 157 Å². The smallest absolute Gasteiger partial charge is 0.269 e. The molecule has 0 atom stereocenters. The topological polar surface area (TPSA) is 101 Å². The lowest BCUT2D eigenvalue weighted by Crippen LogP contribution is -2.26. The van der Waals surface area contributed by atoms with E-state index in [0.717, 1.165) is 16.5 Å². The van der Waals surface area contributed by atoms with Crippen LogP contribution in [0.1, 0.15) is 6.42 Å². The average Bonchev–Trinajstić information content (AvgIpc) is 2.67. The fraction of sp³-hybridized carbons (Fsp3) is 0.158. The van der Waals surface area contributed by atoms with Gasteiger partial charge in [0.05, 0.1) is 9.82 Å². The van der Waals surface area contributed by atoms with Crippen LogP contribution in [0.5, 0.6) is 0 Å². The fourth-order valence-electron chi connectivity index (χ4n) is 2.65. The van der Waals surface area contributed by atoms with Crippen molar-refractivity contribution in [3.63, 3.8) is 0 Å². The fourth-order valence-corrected chi connectivity index (χ4v) is 3.76. The van der Waals surface area contributed by atoms with Crippen molar-refractivity contribution in [2.75, 3.05) is 18.4 Å². The third-order valence-electron chi connectivity index (χ3n) is 4.08. The predicted octanol–water partition coefficient (Wildman–Crippen LogP) is 3.53. The van der Waals surface area contributed by atoms with E-state index in [1.54, 1.807) is 30.3 Å². The molecule has 3 rings (SSSR count). The molecule has 0 bridgehead atoms. The molecule has 0 aromatic heterocycles. The summed E-state index contributed by atoms with van der Waals surface area (Å²) in [5.74, 6) is 0. The molecule has 0 spiro atoms. The van der Waals surface area contributed by atoms with Gasteiger partial charge in [-0.25, -0.2) is 13.1 Å². The minimum atomic E-state index is -3.56. The van der Waals surface area contributed by atoms with E-state index in [0.29, 0.717) is 13.0 Å². The number of nitrogens with zero attached hydrogens (tertiary/aromatic N) is 1. The summed E-state index contributed by atoms with van der Waals surface area (Å²) in [7, 11) is -3.56. The van der Waals surface area contributed by atoms with Crippen LogP contribution in [0.25, 0.3) is 10.8 Å². The quantitative estimate of drug-likeness (QED) is 0.351. The van der Waals surface area contributed by atoms with Crippen LogP contribution >= 0.6 is 0 Å². The summed E-state index contributed by atoms with van der Waals surface area (Å²) in [6, 6.07) is 18.7. The van der Waals surface area contributed by atoms with Crippen LogP contribution in [0.2, 0.25) is 0 Å². The second kappa shape index (κ2) is 8.15. The van der Waals surface area contributed by atoms with Crippen molar-refractivity contribution in [1.29, 1.82) is 0 Å². The van der Waals surface area contributed by atoms with Gasteiger partial charge >= 0.3 is 0 Å². The molecule has 0 radical (unpaired) electrons. The molecule has 8 heteroatoms. The maximum Gasteiger partial charge on any atom is 0.269 e. The highest BCUT2D eigenvalue weighted by Gasteiger charge is 2.13. The number of nitro benzene ring substituents is 1. The lowest BCUT2D eigenvalue weighted by molar-refractivity contribution is -0.384. The van der Waals surface area contributed by atoms with Crippen molar-refractivity contribution >= 4 is 32.2 Å². The summed E-state index contributed by atoms with van der Waals surface area (Å²) >= 11 is 0. The number of nitrogens with one attached hydrogen (secondary N) is 2. The summed E-state index contributed by atoms with van der Waals surface area (Å²) in [6.07, 6.45) is 0.573. The Bertz CT molecular complexity index is 1050. The Balaban J connectivity index is 1.50. The summed E-state index contributed by atoms with van der Waals surface area (Å²) in [6.45, 7) is 0.827. The van der Waals surface area contributed by atoms with Crippen molar-refractivity contribution < 1.29 is 13.3 Å². The number of hydrogen-bond acceptors (Lipinski definition) is 5. The molecule has 0 saturated heterocycles. The highest BCUT2D eigenvalue weighted by Crippen LogP contribution is 2.19. The van der Waals surface area contributed by atoms with Crippen LogP contribution in [0, 0.1) is 10.1 Å². The molecule has 2 N–H and O–H groups in total. The summed E-state index contributed by atoms with van der Waals surface area (Å²) in [5, 5.41) is 15.6. The highest BCUT2D eigenvalue weighted by atomic mass is 32.2. The molecule has 0 saturated carbocycles. The predicted molar refractivity (Wildman–Crippen MR) is 105 cm³/mol. The Morgan fingerprint density at radius 3 is 2.30 bits per heavy atom. The molecular weight excluding hydrogens is 366 g/mol. The lowest BCUT2D eigenvalue weighted by Gasteiger charge is -2.09. The molecule has 0 aliphatic heterocycles. The summed E-state index contributed by atoms with van der Waals surface area (Å²) < 4.78 is 27.4. The number of anilines is 1. The Morgan fingerprint density at radius 1 is 0.889 bits per heavy atom. The van der Waals surface area contributed by atoms with Crippen molar-refractivity contribution in [2.24, 2.45) is 0 Å². The van der Waals surface area contributed by atoms with E-state index >= 15 is 0 Å². The van der Waals surface area contributed by atoms with Gasteiger partial charge in [-0.1, -0.05) is 30.3 Å². The van der Waals surface area contributed by atoms with Gasteiger partial charge in [0.15, 0.2) is 0 Å². The minimum absolute atomic E-state index is 0.0312. The van der Waals surface area contributed by atoms with E-state index in [2.05, 4.69) is 10.0 Å². The Kier molecular flexibility index (Phi) is 5.68. The Morgan fingerprint density at radius 2 is 1.59 bits per heavy atom. The standard InChI is InChI=1S/C19H19N3O4S/c23-22(24)18-9-7-17(8-10-18)20-12-3-13-21-27(25,26)19-11-6-15-4-1-2-5-16(15)14-19/h1-2,4-11,14,20-21H,3,12-13H2. The zero-order chi connectivity index (χ0) is 19.3. The molecule has 3 aromatic rings. The molecule has 27 heavy (non-hydrogen) atoms. The van der Waals surface area contributed by atoms with E-state index < -0.39 is 14.9 Å². The third kappa shape index (κ3) is 4.81. The summed E-state index contributed by atoms with van der Waals surface area (Å²) in [4.78, 5) is 10.4. The molecular formula is C19H19N3O4S.